The molecule has 0 unspecified atom stereocenters. The van der Waals surface area contributed by atoms with Gasteiger partial charge in [0, 0.05) is 17.4 Å². The van der Waals surface area contributed by atoms with Gasteiger partial charge >= 0.3 is 0 Å². The lowest BCUT2D eigenvalue weighted by molar-refractivity contribution is -0.686. The van der Waals surface area contributed by atoms with Crippen molar-refractivity contribution in [3.05, 3.63) is 65.9 Å². The number of rotatable bonds is 8. The lowest BCUT2D eigenvalue weighted by Gasteiger charge is -2.21. The van der Waals surface area contributed by atoms with Crippen LogP contribution in [0.3, 0.4) is 0 Å². The van der Waals surface area contributed by atoms with Crippen LogP contribution in [0, 0.1) is 0 Å². The van der Waals surface area contributed by atoms with Crippen molar-refractivity contribution < 1.29 is 57.0 Å². The molecule has 0 radical (unpaired) electrons. The number of fused-ring (bicyclic) bond motifs is 5. The van der Waals surface area contributed by atoms with E-state index in [1.807, 2.05) is 30.3 Å². The lowest BCUT2D eigenvalue weighted by atomic mass is 9.89. The minimum absolute atomic E-state index is 0. The number of methoxy groups -OCH3 is 3. The van der Waals surface area contributed by atoms with Crippen molar-refractivity contribution in [1.82, 2.24) is 0 Å². The highest BCUT2D eigenvalue weighted by Crippen LogP contribution is 2.43. The standard InChI is InChI=1S/C30H30NO6.HI/c1-32-20-6-8-21(9-7-20)35-14-4-5-23-22-10-11-26(33-2)30(34-3)25(22)17-31-13-12-19-15-27-28(37-18-36-27)16-24(19)29(23)31;/h6-11,15-17H,4-5,12-14,18H2,1-3H3;1H/q+1;/p-1. The van der Waals surface area contributed by atoms with Crippen molar-refractivity contribution in [2.24, 2.45) is 0 Å². The smallest absolute Gasteiger partial charge is 0.231 e. The van der Waals surface area contributed by atoms with Crippen LogP contribution in [0.1, 0.15) is 17.5 Å². The minimum atomic E-state index is 0. The maximum atomic E-state index is 6.05. The van der Waals surface area contributed by atoms with Gasteiger partial charge in [0.05, 0.1) is 38.9 Å². The molecule has 1 aromatic heterocycles. The maximum absolute atomic E-state index is 6.05. The number of aryl methyl sites for hydroxylation is 3. The van der Waals surface area contributed by atoms with Crippen molar-refractivity contribution >= 4 is 10.8 Å². The number of hydrogen-bond acceptors (Lipinski definition) is 6. The van der Waals surface area contributed by atoms with E-state index in [0.717, 1.165) is 71.1 Å². The molecule has 0 saturated heterocycles. The number of pyridine rings is 1. The zero-order valence-electron chi connectivity index (χ0n) is 21.7. The summed E-state index contributed by atoms with van der Waals surface area (Å²) in [7, 11) is 5.03. The molecule has 0 aliphatic carbocycles. The molecule has 6 rings (SSSR count). The average Bonchev–Trinajstić information content (AvgIpc) is 3.40. The van der Waals surface area contributed by atoms with E-state index in [9.17, 15) is 0 Å². The Hall–Kier alpha value is -3.40. The second kappa shape index (κ2) is 11.1. The molecular weight excluding hydrogens is 597 g/mol. The van der Waals surface area contributed by atoms with Crippen molar-refractivity contribution in [3.8, 4) is 45.8 Å². The Morgan fingerprint density at radius 2 is 1.61 bits per heavy atom. The number of nitrogens with zero attached hydrogens (tertiary/aromatic N) is 1. The first-order valence-electron chi connectivity index (χ1n) is 12.5. The van der Waals surface area contributed by atoms with Gasteiger partial charge in [-0.1, -0.05) is 0 Å². The Kier molecular flexibility index (Phi) is 7.69. The van der Waals surface area contributed by atoms with E-state index in [4.69, 9.17) is 28.4 Å². The third-order valence-corrected chi connectivity index (χ3v) is 7.14. The highest BCUT2D eigenvalue weighted by molar-refractivity contribution is 5.95. The molecule has 0 atom stereocenters. The molecule has 0 bridgehead atoms. The van der Waals surface area contributed by atoms with Crippen molar-refractivity contribution in [1.29, 1.82) is 0 Å². The van der Waals surface area contributed by atoms with Crippen LogP contribution in [-0.2, 0) is 19.4 Å². The van der Waals surface area contributed by atoms with Gasteiger partial charge in [0.2, 0.25) is 12.5 Å². The number of aromatic nitrogens is 1. The number of hydrogen-bond donors (Lipinski definition) is 0. The number of benzene rings is 3. The summed E-state index contributed by atoms with van der Waals surface area (Å²) in [6, 6.07) is 16.1. The van der Waals surface area contributed by atoms with Crippen molar-refractivity contribution in [2.75, 3.05) is 34.7 Å². The Morgan fingerprint density at radius 3 is 2.34 bits per heavy atom. The SMILES string of the molecule is COc1ccc(OCCCc2c3[n+](cc4c(OC)c(OC)ccc24)CCc2cc4c(cc2-3)OCO4)cc1.[I-]. The summed E-state index contributed by atoms with van der Waals surface area (Å²) in [6.45, 7) is 1.74. The highest BCUT2D eigenvalue weighted by Gasteiger charge is 2.32. The van der Waals surface area contributed by atoms with Gasteiger partial charge in [-0.2, -0.15) is 4.57 Å². The normalized spacial score (nSPS) is 12.8. The Bertz CT molecular complexity index is 1470. The fourth-order valence-electron chi connectivity index (χ4n) is 5.37. The van der Waals surface area contributed by atoms with Gasteiger partial charge in [-0.25, -0.2) is 0 Å². The van der Waals surface area contributed by atoms with E-state index in [0.29, 0.717) is 6.61 Å². The molecule has 0 fully saturated rings. The van der Waals surface area contributed by atoms with Gasteiger partial charge in [-0.05, 0) is 66.9 Å². The molecule has 0 spiro atoms. The van der Waals surface area contributed by atoms with E-state index < -0.39 is 0 Å². The van der Waals surface area contributed by atoms with Gasteiger partial charge < -0.3 is 52.4 Å². The Morgan fingerprint density at radius 1 is 0.842 bits per heavy atom. The van der Waals surface area contributed by atoms with Gasteiger partial charge in [0.1, 0.15) is 11.5 Å². The Labute approximate surface area is 239 Å². The summed E-state index contributed by atoms with van der Waals surface area (Å²) in [4.78, 5) is 0. The first-order chi connectivity index (χ1) is 18.2. The largest absolute Gasteiger partial charge is 1.00 e. The second-order valence-corrected chi connectivity index (χ2v) is 9.15. The van der Waals surface area contributed by atoms with Gasteiger partial charge in [0.25, 0.3) is 0 Å². The molecular formula is C30H30INO6. The zero-order chi connectivity index (χ0) is 25.4. The van der Waals surface area contributed by atoms with Crippen LogP contribution in [-0.4, -0.2) is 34.7 Å². The van der Waals surface area contributed by atoms with Crippen LogP contribution in [0.2, 0.25) is 0 Å². The summed E-state index contributed by atoms with van der Waals surface area (Å²) in [5.74, 6) is 4.75. The van der Waals surface area contributed by atoms with Gasteiger partial charge in [-0.3, -0.25) is 0 Å². The molecule has 8 heteroatoms. The van der Waals surface area contributed by atoms with E-state index in [1.54, 1.807) is 21.3 Å². The number of ether oxygens (including phenoxy) is 6. The molecule has 3 aromatic carbocycles. The number of halogens is 1. The molecule has 3 heterocycles. The summed E-state index contributed by atoms with van der Waals surface area (Å²) in [6.07, 6.45) is 4.80. The van der Waals surface area contributed by atoms with Crippen LogP contribution in [0.4, 0.5) is 0 Å². The molecule has 0 amide bonds. The second-order valence-electron chi connectivity index (χ2n) is 9.15. The zero-order valence-corrected chi connectivity index (χ0v) is 23.9. The van der Waals surface area contributed by atoms with Crippen LogP contribution in [0.25, 0.3) is 22.0 Å². The summed E-state index contributed by atoms with van der Waals surface area (Å²) >= 11 is 0. The molecule has 7 nitrogen and oxygen atoms in total. The third-order valence-electron chi connectivity index (χ3n) is 7.14. The highest BCUT2D eigenvalue weighted by atomic mass is 127. The quantitative estimate of drug-likeness (QED) is 0.170. The molecule has 2 aliphatic rings. The lowest BCUT2D eigenvalue weighted by Crippen LogP contribution is -3.00. The van der Waals surface area contributed by atoms with Crippen LogP contribution >= 0.6 is 0 Å². The maximum Gasteiger partial charge on any atom is 0.231 e. The monoisotopic (exact) mass is 627 g/mol. The van der Waals surface area contributed by atoms with Crippen molar-refractivity contribution in [2.45, 2.75) is 25.8 Å². The van der Waals surface area contributed by atoms with Crippen molar-refractivity contribution in [3.63, 3.8) is 0 Å². The van der Waals surface area contributed by atoms with E-state index >= 15 is 0 Å². The summed E-state index contributed by atoms with van der Waals surface area (Å²) < 4.78 is 36.5. The molecule has 0 saturated carbocycles. The van der Waals surface area contributed by atoms with E-state index in [-0.39, 0.29) is 30.8 Å². The molecule has 0 N–H and O–H groups in total. The van der Waals surface area contributed by atoms with Crippen LogP contribution in [0.5, 0.6) is 34.5 Å². The van der Waals surface area contributed by atoms with Gasteiger partial charge in [0.15, 0.2) is 35.7 Å². The topological polar surface area (TPSA) is 59.3 Å². The molecule has 38 heavy (non-hydrogen) atoms. The predicted molar refractivity (Wildman–Crippen MR) is 139 cm³/mol. The molecule has 4 aromatic rings. The summed E-state index contributed by atoms with van der Waals surface area (Å²) in [5, 5.41) is 2.19. The summed E-state index contributed by atoms with van der Waals surface area (Å²) in [5.41, 5.74) is 4.94. The molecule has 198 valence electrons. The predicted octanol–water partition coefficient (Wildman–Crippen LogP) is 2.12. The average molecular weight is 627 g/mol. The first-order valence-corrected chi connectivity index (χ1v) is 12.5. The van der Waals surface area contributed by atoms with E-state index in [1.165, 1.54) is 22.4 Å². The molecule has 2 aliphatic heterocycles. The van der Waals surface area contributed by atoms with Gasteiger partial charge in [-0.15, -0.1) is 0 Å². The Balaban J connectivity index is 0.00000294. The minimum Gasteiger partial charge on any atom is -1.00 e. The van der Waals surface area contributed by atoms with E-state index in [2.05, 4.69) is 29.0 Å². The van der Waals surface area contributed by atoms with Crippen LogP contribution in [0.15, 0.2) is 54.7 Å². The first kappa shape index (κ1) is 26.2. The third kappa shape index (κ3) is 4.66. The fourth-order valence-corrected chi connectivity index (χ4v) is 5.37. The van der Waals surface area contributed by atoms with Crippen LogP contribution < -0.4 is 57.0 Å². The fraction of sp³-hybridized carbons (Fsp3) is 0.300.